The molecule has 2 aromatic rings. The fraction of sp³-hybridized carbons (Fsp3) is 0.423. The maximum Gasteiger partial charge on any atom is 0.166 e. The topological polar surface area (TPSA) is 37.3 Å². The standard InChI is InChI=1S/C26H30O2/c1-3-5-19-8-13-22(14-9-19)23-15-10-20(11-16-23)6-7-21-12-17-24(25(27)4-2)26(28)18-21/h10-12,15-19,22,28H,3-5,8-9,13-14H2,1-2H3. The summed E-state index contributed by atoms with van der Waals surface area (Å²) in [5, 5.41) is 10.0. The van der Waals surface area contributed by atoms with E-state index in [0.717, 1.165) is 11.5 Å². The number of phenols is 1. The van der Waals surface area contributed by atoms with Crippen LogP contribution in [0.5, 0.6) is 5.75 Å². The van der Waals surface area contributed by atoms with Gasteiger partial charge in [-0.1, -0.05) is 50.7 Å². The normalized spacial score (nSPS) is 18.9. The number of hydrogen-bond donors (Lipinski definition) is 1. The summed E-state index contributed by atoms with van der Waals surface area (Å²) in [6, 6.07) is 13.6. The molecule has 2 nitrogen and oxygen atoms in total. The molecule has 3 rings (SSSR count). The molecule has 0 aromatic heterocycles. The second kappa shape index (κ2) is 9.60. The zero-order valence-electron chi connectivity index (χ0n) is 17.0. The van der Waals surface area contributed by atoms with E-state index in [2.05, 4.69) is 43.0 Å². The van der Waals surface area contributed by atoms with Crippen LogP contribution in [0.4, 0.5) is 0 Å². The van der Waals surface area contributed by atoms with Crippen LogP contribution < -0.4 is 0 Å². The molecule has 0 radical (unpaired) electrons. The van der Waals surface area contributed by atoms with Gasteiger partial charge in [0.25, 0.3) is 0 Å². The number of rotatable bonds is 5. The molecule has 0 atom stereocenters. The summed E-state index contributed by atoms with van der Waals surface area (Å²) >= 11 is 0. The Bertz CT molecular complexity index is 860. The Hall–Kier alpha value is -2.53. The monoisotopic (exact) mass is 374 g/mol. The Labute approximate surface area is 169 Å². The van der Waals surface area contributed by atoms with Gasteiger partial charge in [0.1, 0.15) is 5.75 Å². The van der Waals surface area contributed by atoms with Gasteiger partial charge in [0.2, 0.25) is 0 Å². The van der Waals surface area contributed by atoms with E-state index in [-0.39, 0.29) is 11.5 Å². The lowest BCUT2D eigenvalue weighted by molar-refractivity contribution is 0.0985. The zero-order chi connectivity index (χ0) is 19.9. The first kappa shape index (κ1) is 20.2. The van der Waals surface area contributed by atoms with Crippen LogP contribution in [0.1, 0.15) is 91.8 Å². The van der Waals surface area contributed by atoms with Crippen molar-refractivity contribution >= 4 is 5.78 Å². The molecule has 0 amide bonds. The van der Waals surface area contributed by atoms with E-state index in [1.165, 1.54) is 44.1 Å². The Morgan fingerprint density at radius 2 is 1.61 bits per heavy atom. The molecule has 28 heavy (non-hydrogen) atoms. The smallest absolute Gasteiger partial charge is 0.166 e. The molecule has 0 heterocycles. The highest BCUT2D eigenvalue weighted by molar-refractivity contribution is 5.98. The summed E-state index contributed by atoms with van der Waals surface area (Å²) < 4.78 is 0. The van der Waals surface area contributed by atoms with Gasteiger partial charge in [-0.15, -0.1) is 0 Å². The first-order valence-electron chi connectivity index (χ1n) is 10.6. The Morgan fingerprint density at radius 3 is 2.21 bits per heavy atom. The average Bonchev–Trinajstić information content (AvgIpc) is 2.73. The Balaban J connectivity index is 1.64. The van der Waals surface area contributed by atoms with Crippen LogP contribution in [0.3, 0.4) is 0 Å². The summed E-state index contributed by atoms with van der Waals surface area (Å²) in [5.41, 5.74) is 3.48. The van der Waals surface area contributed by atoms with Gasteiger partial charge in [0.15, 0.2) is 5.78 Å². The van der Waals surface area contributed by atoms with Gasteiger partial charge in [0, 0.05) is 17.5 Å². The van der Waals surface area contributed by atoms with Gasteiger partial charge in [-0.3, -0.25) is 4.79 Å². The van der Waals surface area contributed by atoms with Gasteiger partial charge in [0.05, 0.1) is 5.56 Å². The van der Waals surface area contributed by atoms with E-state index < -0.39 is 0 Å². The van der Waals surface area contributed by atoms with Crippen molar-refractivity contribution in [2.75, 3.05) is 0 Å². The van der Waals surface area contributed by atoms with Gasteiger partial charge in [-0.2, -0.15) is 0 Å². The predicted octanol–water partition coefficient (Wildman–Crippen LogP) is 6.46. The number of ketones is 1. The number of carbonyl (C=O) groups excluding carboxylic acids is 1. The molecule has 0 aliphatic heterocycles. The quantitative estimate of drug-likeness (QED) is 0.482. The maximum atomic E-state index is 11.7. The lowest BCUT2D eigenvalue weighted by atomic mass is 9.77. The molecule has 0 unspecified atom stereocenters. The second-order valence-electron chi connectivity index (χ2n) is 7.89. The van der Waals surface area contributed by atoms with E-state index in [4.69, 9.17) is 0 Å². The van der Waals surface area contributed by atoms with Crippen molar-refractivity contribution in [3.8, 4) is 17.6 Å². The summed E-state index contributed by atoms with van der Waals surface area (Å²) in [4.78, 5) is 11.7. The average molecular weight is 375 g/mol. The minimum Gasteiger partial charge on any atom is -0.507 e. The third-order valence-corrected chi connectivity index (χ3v) is 5.90. The molecule has 1 N–H and O–H groups in total. The van der Waals surface area contributed by atoms with Crippen LogP contribution in [-0.2, 0) is 0 Å². The minimum atomic E-state index is -0.0590. The van der Waals surface area contributed by atoms with Crippen molar-refractivity contribution in [2.45, 2.75) is 64.7 Å². The molecule has 1 fully saturated rings. The van der Waals surface area contributed by atoms with Gasteiger partial charge < -0.3 is 5.11 Å². The third-order valence-electron chi connectivity index (χ3n) is 5.90. The number of phenolic OH excluding ortho intramolecular Hbond substituents is 1. The van der Waals surface area contributed by atoms with Crippen molar-refractivity contribution in [3.63, 3.8) is 0 Å². The van der Waals surface area contributed by atoms with Crippen LogP contribution >= 0.6 is 0 Å². The van der Waals surface area contributed by atoms with E-state index >= 15 is 0 Å². The summed E-state index contributed by atoms with van der Waals surface area (Å²) in [7, 11) is 0. The first-order valence-corrected chi connectivity index (χ1v) is 10.6. The number of hydrogen-bond acceptors (Lipinski definition) is 2. The molecular weight excluding hydrogens is 344 g/mol. The van der Waals surface area contributed by atoms with Crippen LogP contribution in [0, 0.1) is 17.8 Å². The summed E-state index contributed by atoms with van der Waals surface area (Å²) in [6.07, 6.45) is 8.39. The highest BCUT2D eigenvalue weighted by atomic mass is 16.3. The number of carbonyl (C=O) groups is 1. The Kier molecular flexibility index (Phi) is 6.93. The van der Waals surface area contributed by atoms with Gasteiger partial charge >= 0.3 is 0 Å². The fourth-order valence-electron chi connectivity index (χ4n) is 4.21. The van der Waals surface area contributed by atoms with Crippen molar-refractivity contribution in [3.05, 3.63) is 64.7 Å². The first-order chi connectivity index (χ1) is 13.6. The second-order valence-corrected chi connectivity index (χ2v) is 7.89. The highest BCUT2D eigenvalue weighted by Crippen LogP contribution is 2.37. The third kappa shape index (κ3) is 5.04. The largest absolute Gasteiger partial charge is 0.507 e. The SMILES string of the molecule is CCCC1CCC(c2ccc(C#Cc3ccc(C(=O)CC)c(O)c3)cc2)CC1. The van der Waals surface area contributed by atoms with Gasteiger partial charge in [-0.25, -0.2) is 0 Å². The summed E-state index contributed by atoms with van der Waals surface area (Å²) in [6.45, 7) is 4.07. The van der Waals surface area contributed by atoms with Crippen molar-refractivity contribution in [1.29, 1.82) is 0 Å². The number of benzene rings is 2. The van der Waals surface area contributed by atoms with Crippen molar-refractivity contribution in [1.82, 2.24) is 0 Å². The molecule has 2 aromatic carbocycles. The highest BCUT2D eigenvalue weighted by Gasteiger charge is 2.21. The van der Waals surface area contributed by atoms with Crippen LogP contribution in [0.2, 0.25) is 0 Å². The van der Waals surface area contributed by atoms with Crippen molar-refractivity contribution < 1.29 is 9.90 Å². The predicted molar refractivity (Wildman–Crippen MR) is 115 cm³/mol. The maximum absolute atomic E-state index is 11.7. The van der Waals surface area contributed by atoms with Crippen LogP contribution in [-0.4, -0.2) is 10.9 Å². The van der Waals surface area contributed by atoms with E-state index in [9.17, 15) is 9.90 Å². The van der Waals surface area contributed by atoms with Crippen LogP contribution in [0.25, 0.3) is 0 Å². The number of Topliss-reactive ketones (excluding diaryl/α,β-unsaturated/α-hetero) is 1. The molecule has 0 spiro atoms. The van der Waals surface area contributed by atoms with E-state index in [1.54, 1.807) is 25.1 Å². The fourth-order valence-corrected chi connectivity index (χ4v) is 4.21. The minimum absolute atomic E-state index is 0.00711. The molecule has 1 aliphatic rings. The molecular formula is C26H30O2. The zero-order valence-corrected chi connectivity index (χ0v) is 17.0. The van der Waals surface area contributed by atoms with Gasteiger partial charge in [-0.05, 0) is 73.4 Å². The summed E-state index contributed by atoms with van der Waals surface area (Å²) in [5.74, 6) is 7.81. The Morgan fingerprint density at radius 1 is 0.964 bits per heavy atom. The van der Waals surface area contributed by atoms with Crippen molar-refractivity contribution in [2.24, 2.45) is 5.92 Å². The molecule has 146 valence electrons. The molecule has 1 aliphatic carbocycles. The lowest BCUT2D eigenvalue weighted by Gasteiger charge is -2.28. The molecule has 0 bridgehead atoms. The van der Waals surface area contributed by atoms with Crippen LogP contribution in [0.15, 0.2) is 42.5 Å². The number of aromatic hydroxyl groups is 1. The molecule has 1 saturated carbocycles. The molecule has 2 heteroatoms. The molecule has 0 saturated heterocycles. The van der Waals surface area contributed by atoms with E-state index in [0.29, 0.717) is 23.5 Å². The lowest BCUT2D eigenvalue weighted by Crippen LogP contribution is -2.13. The van der Waals surface area contributed by atoms with E-state index in [1.807, 2.05) is 0 Å².